The Morgan fingerprint density at radius 2 is 1.95 bits per heavy atom. The van der Waals surface area contributed by atoms with Crippen LogP contribution in [0, 0.1) is 0 Å². The maximum absolute atomic E-state index is 12.9. The van der Waals surface area contributed by atoms with Gasteiger partial charge in [-0.25, -0.2) is 0 Å². The Balaban J connectivity index is 2.79. The van der Waals surface area contributed by atoms with Crippen LogP contribution >= 0.6 is 15.9 Å². The van der Waals surface area contributed by atoms with Gasteiger partial charge in [-0.2, -0.15) is 13.2 Å². The van der Waals surface area contributed by atoms with E-state index in [9.17, 15) is 23.1 Å². The van der Waals surface area contributed by atoms with Gasteiger partial charge < -0.3 is 15.2 Å². The van der Waals surface area contributed by atoms with Crippen LogP contribution in [0.1, 0.15) is 17.3 Å². The standard InChI is InChI=1S/C14H15BrF3NO3/c1-2-22-8-7-13(21,14(16,17)18)9-19-12(20)10-3-5-11(15)6-4-10/h3-8,21H,2,9H2,1H3,(H,19,20)/b8-7+/t13-/m1/s1. The molecule has 0 heterocycles. The molecule has 0 radical (unpaired) electrons. The van der Waals surface area contributed by atoms with Crippen molar-refractivity contribution in [3.05, 3.63) is 46.6 Å². The molecule has 0 aromatic heterocycles. The molecular weight excluding hydrogens is 367 g/mol. The number of benzene rings is 1. The molecule has 0 aliphatic rings. The Morgan fingerprint density at radius 1 is 1.36 bits per heavy atom. The second kappa shape index (κ2) is 7.64. The number of amides is 1. The quantitative estimate of drug-likeness (QED) is 0.744. The van der Waals surface area contributed by atoms with Gasteiger partial charge in [0.25, 0.3) is 5.91 Å². The average molecular weight is 382 g/mol. The minimum absolute atomic E-state index is 0.162. The van der Waals surface area contributed by atoms with Crippen molar-refractivity contribution in [2.75, 3.05) is 13.2 Å². The molecule has 0 spiro atoms. The van der Waals surface area contributed by atoms with E-state index in [1.54, 1.807) is 19.1 Å². The van der Waals surface area contributed by atoms with Crippen molar-refractivity contribution in [1.82, 2.24) is 5.32 Å². The molecule has 1 aromatic carbocycles. The van der Waals surface area contributed by atoms with Crippen LogP contribution in [0.15, 0.2) is 41.1 Å². The maximum atomic E-state index is 12.9. The molecular formula is C14H15BrF3NO3. The van der Waals surface area contributed by atoms with Gasteiger partial charge in [-0.1, -0.05) is 15.9 Å². The first kappa shape index (κ1) is 18.5. The fraction of sp³-hybridized carbons (Fsp3) is 0.357. The van der Waals surface area contributed by atoms with Crippen LogP contribution in [0.3, 0.4) is 0 Å². The van der Waals surface area contributed by atoms with E-state index < -0.39 is 24.2 Å². The number of nitrogens with one attached hydrogen (secondary N) is 1. The Kier molecular flexibility index (Phi) is 6.43. The van der Waals surface area contributed by atoms with Crippen LogP contribution in [0.25, 0.3) is 0 Å². The molecule has 0 aliphatic carbocycles. The molecule has 0 unspecified atom stereocenters. The third-order valence-electron chi connectivity index (χ3n) is 2.72. The van der Waals surface area contributed by atoms with Gasteiger partial charge in [0.15, 0.2) is 5.60 Å². The Hall–Kier alpha value is -1.54. The zero-order chi connectivity index (χ0) is 16.8. The van der Waals surface area contributed by atoms with Crippen molar-refractivity contribution in [2.24, 2.45) is 0 Å². The highest BCUT2D eigenvalue weighted by Gasteiger charge is 2.52. The Morgan fingerprint density at radius 3 is 2.45 bits per heavy atom. The first-order valence-electron chi connectivity index (χ1n) is 6.32. The smallest absolute Gasteiger partial charge is 0.422 e. The van der Waals surface area contributed by atoms with Crippen molar-refractivity contribution in [3.8, 4) is 0 Å². The largest absolute Gasteiger partial charge is 0.502 e. The minimum Gasteiger partial charge on any atom is -0.502 e. The van der Waals surface area contributed by atoms with Crippen molar-refractivity contribution < 1.29 is 27.8 Å². The van der Waals surface area contributed by atoms with Gasteiger partial charge in [0.1, 0.15) is 0 Å². The molecule has 8 heteroatoms. The highest BCUT2D eigenvalue weighted by atomic mass is 79.9. The van der Waals surface area contributed by atoms with Gasteiger partial charge in [0, 0.05) is 10.0 Å². The molecule has 0 bridgehead atoms. The number of hydrogen-bond acceptors (Lipinski definition) is 3. The lowest BCUT2D eigenvalue weighted by Crippen LogP contribution is -2.52. The monoisotopic (exact) mass is 381 g/mol. The van der Waals surface area contributed by atoms with Crippen molar-refractivity contribution in [2.45, 2.75) is 18.7 Å². The van der Waals surface area contributed by atoms with Crippen molar-refractivity contribution in [1.29, 1.82) is 0 Å². The SMILES string of the molecule is CCO/C=C/[C@@](O)(CNC(=O)c1ccc(Br)cc1)C(F)(F)F. The molecule has 1 aromatic rings. The number of carbonyl (C=O) groups is 1. The molecule has 22 heavy (non-hydrogen) atoms. The molecule has 0 aliphatic heterocycles. The zero-order valence-electron chi connectivity index (χ0n) is 11.7. The van der Waals surface area contributed by atoms with E-state index in [1.165, 1.54) is 12.1 Å². The molecule has 122 valence electrons. The molecule has 2 N–H and O–H groups in total. The third kappa shape index (κ3) is 5.03. The fourth-order valence-corrected chi connectivity index (χ4v) is 1.69. The number of ether oxygens (including phenoxy) is 1. The van der Waals surface area contributed by atoms with Crippen molar-refractivity contribution in [3.63, 3.8) is 0 Å². The van der Waals surface area contributed by atoms with Gasteiger partial charge in [-0.3, -0.25) is 4.79 Å². The average Bonchev–Trinajstić information content (AvgIpc) is 2.44. The highest BCUT2D eigenvalue weighted by Crippen LogP contribution is 2.31. The zero-order valence-corrected chi connectivity index (χ0v) is 13.2. The van der Waals surface area contributed by atoms with Gasteiger partial charge in [0.2, 0.25) is 0 Å². The Labute approximate surface area is 134 Å². The molecule has 4 nitrogen and oxygen atoms in total. The summed E-state index contributed by atoms with van der Waals surface area (Å²) in [5.41, 5.74) is -3.02. The number of carbonyl (C=O) groups excluding carboxylic acids is 1. The van der Waals surface area contributed by atoms with E-state index in [2.05, 4.69) is 26.0 Å². The molecule has 0 saturated heterocycles. The Bertz CT molecular complexity index is 531. The summed E-state index contributed by atoms with van der Waals surface area (Å²) >= 11 is 3.18. The summed E-state index contributed by atoms with van der Waals surface area (Å²) in [6.07, 6.45) is -3.72. The van der Waals surface area contributed by atoms with Gasteiger partial charge in [-0.15, -0.1) is 0 Å². The molecule has 0 fully saturated rings. The maximum Gasteiger partial charge on any atom is 0.422 e. The summed E-state index contributed by atoms with van der Waals surface area (Å²) in [5, 5.41) is 11.8. The summed E-state index contributed by atoms with van der Waals surface area (Å²) in [6, 6.07) is 6.06. The fourth-order valence-electron chi connectivity index (χ4n) is 1.43. The molecule has 0 saturated carbocycles. The van der Waals surface area contributed by atoms with E-state index in [1.807, 2.05) is 0 Å². The lowest BCUT2D eigenvalue weighted by molar-refractivity contribution is -0.237. The van der Waals surface area contributed by atoms with Crippen LogP contribution in [-0.2, 0) is 4.74 Å². The summed E-state index contributed by atoms with van der Waals surface area (Å²) in [5.74, 6) is -0.722. The summed E-state index contributed by atoms with van der Waals surface area (Å²) in [4.78, 5) is 11.8. The molecule has 1 amide bonds. The lowest BCUT2D eigenvalue weighted by atomic mass is 10.0. The van der Waals surface area contributed by atoms with E-state index in [0.717, 1.165) is 10.7 Å². The first-order valence-corrected chi connectivity index (χ1v) is 7.11. The van der Waals surface area contributed by atoms with Crippen LogP contribution in [0.4, 0.5) is 13.2 Å². The second-order valence-electron chi connectivity index (χ2n) is 4.37. The van der Waals surface area contributed by atoms with Crippen LogP contribution in [0.5, 0.6) is 0 Å². The number of rotatable bonds is 6. The normalized spacial score (nSPS) is 14.6. The topological polar surface area (TPSA) is 58.6 Å². The second-order valence-corrected chi connectivity index (χ2v) is 5.29. The number of hydrogen-bond donors (Lipinski definition) is 2. The van der Waals surface area contributed by atoms with Crippen LogP contribution in [0.2, 0.25) is 0 Å². The minimum atomic E-state index is -4.95. The van der Waals surface area contributed by atoms with Gasteiger partial charge in [-0.05, 0) is 37.3 Å². The summed E-state index contributed by atoms with van der Waals surface area (Å²) in [6.45, 7) is 0.733. The molecule has 1 atom stereocenters. The number of alkyl halides is 3. The van der Waals surface area contributed by atoms with Crippen LogP contribution < -0.4 is 5.32 Å². The first-order chi connectivity index (χ1) is 10.2. The third-order valence-corrected chi connectivity index (χ3v) is 3.25. The predicted octanol–water partition coefficient (Wildman–Crippen LogP) is 3.02. The van der Waals surface area contributed by atoms with Gasteiger partial charge >= 0.3 is 6.18 Å². The van der Waals surface area contributed by atoms with E-state index in [4.69, 9.17) is 0 Å². The van der Waals surface area contributed by atoms with Gasteiger partial charge in [0.05, 0.1) is 19.4 Å². The molecule has 1 rings (SSSR count). The van der Waals surface area contributed by atoms with E-state index in [0.29, 0.717) is 6.08 Å². The highest BCUT2D eigenvalue weighted by molar-refractivity contribution is 9.10. The number of aliphatic hydroxyl groups is 1. The van der Waals surface area contributed by atoms with Crippen molar-refractivity contribution >= 4 is 21.8 Å². The predicted molar refractivity (Wildman–Crippen MR) is 78.2 cm³/mol. The van der Waals surface area contributed by atoms with E-state index in [-0.39, 0.29) is 12.2 Å². The van der Waals surface area contributed by atoms with Crippen LogP contribution in [-0.4, -0.2) is 35.9 Å². The number of halogens is 4. The summed E-state index contributed by atoms with van der Waals surface area (Å²) < 4.78 is 44.2. The lowest BCUT2D eigenvalue weighted by Gasteiger charge is -2.27. The summed E-state index contributed by atoms with van der Waals surface area (Å²) in [7, 11) is 0. The van der Waals surface area contributed by atoms with E-state index >= 15 is 0 Å².